The Labute approximate surface area is 159 Å². The standard InChI is InChI=1S/C24H47N/c1-25(24-21-17-13-9-5-6-10-14-18-22-24)23-19-15-11-7-3-2-4-8-12-16-20-23/h23-24H,2-22H2,1H3. The highest BCUT2D eigenvalue weighted by Crippen LogP contribution is 2.26. The van der Waals surface area contributed by atoms with Crippen LogP contribution >= 0.6 is 0 Å². The van der Waals surface area contributed by atoms with Crippen LogP contribution in [0.1, 0.15) is 135 Å². The average Bonchev–Trinajstić information content (AvgIpc) is 2.67. The minimum atomic E-state index is 0.870. The predicted molar refractivity (Wildman–Crippen MR) is 112 cm³/mol. The molecule has 0 aliphatic heterocycles. The van der Waals surface area contributed by atoms with Crippen molar-refractivity contribution in [3.8, 4) is 0 Å². The van der Waals surface area contributed by atoms with Gasteiger partial charge in [-0.05, 0) is 32.7 Å². The van der Waals surface area contributed by atoms with Crippen molar-refractivity contribution in [3.63, 3.8) is 0 Å². The molecule has 25 heavy (non-hydrogen) atoms. The van der Waals surface area contributed by atoms with Crippen LogP contribution in [0.2, 0.25) is 0 Å². The smallest absolute Gasteiger partial charge is 0.00951 e. The van der Waals surface area contributed by atoms with Crippen LogP contribution in [-0.2, 0) is 0 Å². The summed E-state index contributed by atoms with van der Waals surface area (Å²) in [7, 11) is 2.49. The Hall–Kier alpha value is -0.0400. The van der Waals surface area contributed by atoms with Crippen LogP contribution in [-0.4, -0.2) is 24.0 Å². The van der Waals surface area contributed by atoms with E-state index in [4.69, 9.17) is 0 Å². The SMILES string of the molecule is CN(C1CCCCCCCCCCC1)C1CCCCCCCCCC1. The predicted octanol–water partition coefficient (Wildman–Crippen LogP) is 7.87. The monoisotopic (exact) mass is 349 g/mol. The Morgan fingerprint density at radius 2 is 0.560 bits per heavy atom. The van der Waals surface area contributed by atoms with Gasteiger partial charge in [0.1, 0.15) is 0 Å². The van der Waals surface area contributed by atoms with Crippen molar-refractivity contribution in [1.29, 1.82) is 0 Å². The van der Waals surface area contributed by atoms with Crippen molar-refractivity contribution in [2.75, 3.05) is 7.05 Å². The Bertz CT molecular complexity index is 276. The molecule has 0 radical (unpaired) electrons. The molecule has 2 saturated carbocycles. The molecule has 0 saturated heterocycles. The van der Waals surface area contributed by atoms with Gasteiger partial charge in [0.15, 0.2) is 0 Å². The fourth-order valence-corrected chi connectivity index (χ4v) is 5.22. The lowest BCUT2D eigenvalue weighted by molar-refractivity contribution is 0.131. The summed E-state index contributed by atoms with van der Waals surface area (Å²) < 4.78 is 0. The topological polar surface area (TPSA) is 3.24 Å². The van der Waals surface area contributed by atoms with E-state index in [1.165, 1.54) is 135 Å². The summed E-state index contributed by atoms with van der Waals surface area (Å²) in [6, 6.07) is 1.74. The van der Waals surface area contributed by atoms with E-state index >= 15 is 0 Å². The van der Waals surface area contributed by atoms with Gasteiger partial charge in [0.05, 0.1) is 0 Å². The maximum atomic E-state index is 2.86. The summed E-state index contributed by atoms with van der Waals surface area (Å²) in [5.41, 5.74) is 0. The zero-order chi connectivity index (χ0) is 17.6. The largest absolute Gasteiger partial charge is 0.300 e. The highest BCUT2D eigenvalue weighted by Gasteiger charge is 2.22. The molecule has 2 aliphatic carbocycles. The van der Waals surface area contributed by atoms with Gasteiger partial charge in [-0.25, -0.2) is 0 Å². The van der Waals surface area contributed by atoms with Crippen LogP contribution in [0, 0.1) is 0 Å². The van der Waals surface area contributed by atoms with Gasteiger partial charge < -0.3 is 4.90 Å². The van der Waals surface area contributed by atoms with Gasteiger partial charge >= 0.3 is 0 Å². The summed E-state index contributed by atoms with van der Waals surface area (Å²) in [5, 5.41) is 0. The summed E-state index contributed by atoms with van der Waals surface area (Å²) in [6.45, 7) is 0. The molecule has 0 amide bonds. The van der Waals surface area contributed by atoms with E-state index in [0.29, 0.717) is 0 Å². The molecule has 0 aromatic rings. The maximum Gasteiger partial charge on any atom is 0.00951 e. The normalized spacial score (nSPS) is 25.7. The molecular formula is C24H47N. The van der Waals surface area contributed by atoms with Crippen LogP contribution in [0.3, 0.4) is 0 Å². The zero-order valence-electron chi connectivity index (χ0n) is 17.5. The van der Waals surface area contributed by atoms with E-state index in [9.17, 15) is 0 Å². The van der Waals surface area contributed by atoms with Crippen molar-refractivity contribution >= 4 is 0 Å². The van der Waals surface area contributed by atoms with Crippen molar-refractivity contribution in [2.24, 2.45) is 0 Å². The molecule has 0 heterocycles. The second-order valence-corrected chi connectivity index (χ2v) is 9.14. The lowest BCUT2D eigenvalue weighted by atomic mass is 9.94. The molecule has 2 fully saturated rings. The van der Waals surface area contributed by atoms with Crippen LogP contribution in [0.4, 0.5) is 0 Å². The average molecular weight is 350 g/mol. The molecule has 0 bridgehead atoms. The first-order valence-electron chi connectivity index (χ1n) is 12.1. The number of hydrogen-bond donors (Lipinski definition) is 0. The van der Waals surface area contributed by atoms with Crippen molar-refractivity contribution in [2.45, 2.75) is 147 Å². The molecule has 0 spiro atoms. The number of hydrogen-bond acceptors (Lipinski definition) is 1. The first-order valence-corrected chi connectivity index (χ1v) is 12.1. The third-order valence-electron chi connectivity index (χ3n) is 7.05. The van der Waals surface area contributed by atoms with E-state index < -0.39 is 0 Å². The van der Waals surface area contributed by atoms with Gasteiger partial charge in [-0.1, -0.05) is 109 Å². The Morgan fingerprint density at radius 3 is 0.800 bits per heavy atom. The van der Waals surface area contributed by atoms with Crippen LogP contribution in [0.25, 0.3) is 0 Å². The Morgan fingerprint density at radius 1 is 0.360 bits per heavy atom. The fourth-order valence-electron chi connectivity index (χ4n) is 5.22. The van der Waals surface area contributed by atoms with Gasteiger partial charge in [-0.3, -0.25) is 0 Å². The molecule has 0 N–H and O–H groups in total. The lowest BCUT2D eigenvalue weighted by Crippen LogP contribution is -2.40. The fraction of sp³-hybridized carbons (Fsp3) is 1.00. The van der Waals surface area contributed by atoms with Gasteiger partial charge in [-0.2, -0.15) is 0 Å². The minimum absolute atomic E-state index is 0.870. The molecule has 0 atom stereocenters. The van der Waals surface area contributed by atoms with Crippen molar-refractivity contribution in [1.82, 2.24) is 4.90 Å². The minimum Gasteiger partial charge on any atom is -0.300 e. The Balaban J connectivity index is 1.85. The summed E-state index contributed by atoms with van der Waals surface area (Å²) in [6.07, 6.45) is 31.1. The second-order valence-electron chi connectivity index (χ2n) is 9.14. The molecule has 0 unspecified atom stereocenters. The highest BCUT2D eigenvalue weighted by atomic mass is 15.2. The highest BCUT2D eigenvalue weighted by molar-refractivity contribution is 4.78. The molecule has 2 rings (SSSR count). The third kappa shape index (κ3) is 9.45. The van der Waals surface area contributed by atoms with Gasteiger partial charge in [0.25, 0.3) is 0 Å². The van der Waals surface area contributed by atoms with Gasteiger partial charge in [-0.15, -0.1) is 0 Å². The summed E-state index contributed by atoms with van der Waals surface area (Å²) in [4.78, 5) is 2.86. The van der Waals surface area contributed by atoms with Gasteiger partial charge in [0, 0.05) is 12.1 Å². The zero-order valence-corrected chi connectivity index (χ0v) is 17.5. The van der Waals surface area contributed by atoms with E-state index in [-0.39, 0.29) is 0 Å². The van der Waals surface area contributed by atoms with E-state index in [1.54, 1.807) is 0 Å². The Kier molecular flexibility index (Phi) is 12.0. The molecule has 1 nitrogen and oxygen atoms in total. The molecule has 2 aliphatic rings. The maximum absolute atomic E-state index is 2.86. The second kappa shape index (κ2) is 14.1. The molecule has 148 valence electrons. The molecule has 0 aromatic carbocycles. The molecule has 1 heteroatoms. The lowest BCUT2D eigenvalue weighted by Gasteiger charge is -2.36. The summed E-state index contributed by atoms with van der Waals surface area (Å²) >= 11 is 0. The van der Waals surface area contributed by atoms with Crippen LogP contribution < -0.4 is 0 Å². The molecule has 0 aromatic heterocycles. The number of rotatable bonds is 2. The quantitative estimate of drug-likeness (QED) is 0.490. The third-order valence-corrected chi connectivity index (χ3v) is 7.05. The van der Waals surface area contributed by atoms with Crippen LogP contribution in [0.5, 0.6) is 0 Å². The van der Waals surface area contributed by atoms with Crippen molar-refractivity contribution < 1.29 is 0 Å². The van der Waals surface area contributed by atoms with E-state index in [1.807, 2.05) is 0 Å². The van der Waals surface area contributed by atoms with E-state index in [0.717, 1.165) is 12.1 Å². The van der Waals surface area contributed by atoms with Crippen molar-refractivity contribution in [3.05, 3.63) is 0 Å². The molecular weight excluding hydrogens is 302 g/mol. The van der Waals surface area contributed by atoms with Gasteiger partial charge in [0.2, 0.25) is 0 Å². The first kappa shape index (κ1) is 21.3. The first-order chi connectivity index (χ1) is 12.4. The van der Waals surface area contributed by atoms with Crippen LogP contribution in [0.15, 0.2) is 0 Å². The van der Waals surface area contributed by atoms with E-state index in [2.05, 4.69) is 11.9 Å². The summed E-state index contributed by atoms with van der Waals surface area (Å²) in [5.74, 6) is 0. The number of nitrogens with zero attached hydrogens (tertiary/aromatic N) is 1.